The molecule has 0 bridgehead atoms. The maximum Gasteiger partial charge on any atom is 0.273 e. The van der Waals surface area contributed by atoms with Crippen LogP contribution in [0, 0.1) is 11.8 Å². The molecule has 0 aromatic carbocycles. The van der Waals surface area contributed by atoms with Crippen molar-refractivity contribution >= 4 is 5.91 Å². The van der Waals surface area contributed by atoms with Gasteiger partial charge in [-0.2, -0.15) is 0 Å². The highest BCUT2D eigenvalue weighted by atomic mass is 16.5. The minimum absolute atomic E-state index is 0.140. The average Bonchev–Trinajstić information content (AvgIpc) is 3.22. The summed E-state index contributed by atoms with van der Waals surface area (Å²) in [5.41, 5.74) is 0.369. The molecule has 8 nitrogen and oxygen atoms in total. The smallest absolute Gasteiger partial charge is 0.273 e. The molecule has 1 saturated carbocycles. The third-order valence-electron chi connectivity index (χ3n) is 6.11. The van der Waals surface area contributed by atoms with E-state index in [1.807, 2.05) is 0 Å². The summed E-state index contributed by atoms with van der Waals surface area (Å²) in [5, 5.41) is 13.2. The lowest BCUT2D eigenvalue weighted by Crippen LogP contribution is -2.48. The van der Waals surface area contributed by atoms with Crippen molar-refractivity contribution in [1.82, 2.24) is 20.1 Å². The Morgan fingerprint density at radius 2 is 1.90 bits per heavy atom. The number of aliphatic hydroxyl groups is 1. The number of β-amino-alcohol motifs (C(OH)–C–C–N with tert-alkyl or cyclic N) is 1. The zero-order valence-electron chi connectivity index (χ0n) is 19.2. The van der Waals surface area contributed by atoms with Crippen molar-refractivity contribution < 1.29 is 19.1 Å². The monoisotopic (exact) mass is 436 g/mol. The predicted octanol–water partition coefficient (Wildman–Crippen LogP) is 2.14. The van der Waals surface area contributed by atoms with Crippen molar-refractivity contribution in [3.63, 3.8) is 0 Å². The zero-order chi connectivity index (χ0) is 22.1. The lowest BCUT2D eigenvalue weighted by atomic mass is 9.89. The number of hydrogen-bond acceptors (Lipinski definition) is 7. The predicted molar refractivity (Wildman–Crippen MR) is 119 cm³/mol. The third kappa shape index (κ3) is 8.52. The van der Waals surface area contributed by atoms with Crippen LogP contribution in [0.15, 0.2) is 10.7 Å². The van der Waals surface area contributed by atoms with E-state index in [-0.39, 0.29) is 5.91 Å². The number of carbonyl (C=O) groups is 1. The standard InChI is InChI=1S/C23H40N4O4/c1-18(2)15-30-16-20(28)13-26-8-10-27(11-9-26)14-22-25-21(17-31-22)23(29)24-12-19-6-4-3-5-7-19/h17-20,28H,3-16H2,1-2H3,(H,24,29)/t20-/m0/s1. The number of piperazine rings is 1. The first-order valence-corrected chi connectivity index (χ1v) is 11.9. The number of rotatable bonds is 11. The van der Waals surface area contributed by atoms with Gasteiger partial charge in [0.05, 0.1) is 19.3 Å². The summed E-state index contributed by atoms with van der Waals surface area (Å²) < 4.78 is 11.1. The molecule has 2 heterocycles. The molecule has 0 unspecified atom stereocenters. The molecule has 8 heteroatoms. The number of aromatic nitrogens is 1. The first-order valence-electron chi connectivity index (χ1n) is 11.9. The van der Waals surface area contributed by atoms with Crippen LogP contribution in [0.5, 0.6) is 0 Å². The fourth-order valence-corrected chi connectivity index (χ4v) is 4.32. The molecule has 0 spiro atoms. The molecule has 1 aliphatic carbocycles. The van der Waals surface area contributed by atoms with Crippen molar-refractivity contribution in [2.24, 2.45) is 11.8 Å². The molecular formula is C23H40N4O4. The van der Waals surface area contributed by atoms with E-state index in [1.54, 1.807) is 0 Å². The number of nitrogens with zero attached hydrogens (tertiary/aromatic N) is 3. The number of oxazole rings is 1. The molecule has 2 fully saturated rings. The Balaban J connectivity index is 1.33. The van der Waals surface area contributed by atoms with Crippen LogP contribution in [0.25, 0.3) is 0 Å². The Hall–Kier alpha value is -1.48. The van der Waals surface area contributed by atoms with Gasteiger partial charge in [0, 0.05) is 45.9 Å². The second-order valence-electron chi connectivity index (χ2n) is 9.50. The maximum absolute atomic E-state index is 12.4. The van der Waals surface area contributed by atoms with E-state index in [0.717, 1.165) is 32.7 Å². The minimum atomic E-state index is -0.452. The Kier molecular flexibility index (Phi) is 9.77. The van der Waals surface area contributed by atoms with Gasteiger partial charge in [0.1, 0.15) is 6.26 Å². The van der Waals surface area contributed by atoms with Gasteiger partial charge in [0.25, 0.3) is 5.91 Å². The number of carbonyl (C=O) groups excluding carboxylic acids is 1. The molecule has 1 aromatic rings. The zero-order valence-corrected chi connectivity index (χ0v) is 19.2. The van der Waals surface area contributed by atoms with Gasteiger partial charge in [-0.15, -0.1) is 0 Å². The van der Waals surface area contributed by atoms with Gasteiger partial charge in [0.2, 0.25) is 5.89 Å². The first kappa shape index (κ1) is 24.2. The second-order valence-corrected chi connectivity index (χ2v) is 9.50. The summed E-state index contributed by atoms with van der Waals surface area (Å²) >= 11 is 0. The Morgan fingerprint density at radius 1 is 1.19 bits per heavy atom. The summed E-state index contributed by atoms with van der Waals surface area (Å²) in [6.45, 7) is 10.8. The molecule has 176 valence electrons. The molecule has 1 atom stereocenters. The van der Waals surface area contributed by atoms with Crippen LogP contribution < -0.4 is 5.32 Å². The van der Waals surface area contributed by atoms with Gasteiger partial charge in [-0.3, -0.25) is 14.6 Å². The molecule has 2 N–H and O–H groups in total. The largest absolute Gasteiger partial charge is 0.447 e. The SMILES string of the molecule is CC(C)COC[C@@H](O)CN1CCN(Cc2nc(C(=O)NCC3CCCCC3)co2)CC1. The summed E-state index contributed by atoms with van der Waals surface area (Å²) in [4.78, 5) is 21.3. The topological polar surface area (TPSA) is 91.1 Å². The number of ether oxygens (including phenoxy) is 1. The van der Waals surface area contributed by atoms with E-state index in [2.05, 4.69) is 33.9 Å². The number of amides is 1. The minimum Gasteiger partial charge on any atom is -0.447 e. The second kappa shape index (κ2) is 12.5. The van der Waals surface area contributed by atoms with Crippen molar-refractivity contribution in [2.45, 2.75) is 58.6 Å². The maximum atomic E-state index is 12.4. The van der Waals surface area contributed by atoms with Crippen LogP contribution in [-0.4, -0.2) is 84.4 Å². The summed E-state index contributed by atoms with van der Waals surface area (Å²) in [6, 6.07) is 0. The normalized spacial score (nSPS) is 20.3. The third-order valence-corrected chi connectivity index (χ3v) is 6.11. The molecule has 1 aromatic heterocycles. The molecule has 1 aliphatic heterocycles. The molecule has 1 saturated heterocycles. The number of nitrogens with one attached hydrogen (secondary N) is 1. The highest BCUT2D eigenvalue weighted by Gasteiger charge is 2.22. The number of hydrogen-bond donors (Lipinski definition) is 2. The van der Waals surface area contributed by atoms with Crippen molar-refractivity contribution in [1.29, 1.82) is 0 Å². The van der Waals surface area contributed by atoms with Crippen LogP contribution in [0.2, 0.25) is 0 Å². The van der Waals surface area contributed by atoms with Crippen LogP contribution in [-0.2, 0) is 11.3 Å². The molecule has 3 rings (SSSR count). The van der Waals surface area contributed by atoms with E-state index in [0.29, 0.717) is 49.7 Å². The van der Waals surface area contributed by atoms with Gasteiger partial charge < -0.3 is 19.6 Å². The van der Waals surface area contributed by atoms with Gasteiger partial charge in [0.15, 0.2) is 5.69 Å². The van der Waals surface area contributed by atoms with Gasteiger partial charge in [-0.25, -0.2) is 4.98 Å². The van der Waals surface area contributed by atoms with E-state index >= 15 is 0 Å². The van der Waals surface area contributed by atoms with Crippen molar-refractivity contribution in [3.8, 4) is 0 Å². The molecule has 31 heavy (non-hydrogen) atoms. The Labute approximate surface area is 186 Å². The fraction of sp³-hybridized carbons (Fsp3) is 0.826. The van der Waals surface area contributed by atoms with Gasteiger partial charge >= 0.3 is 0 Å². The number of aliphatic hydroxyl groups excluding tert-OH is 1. The van der Waals surface area contributed by atoms with Gasteiger partial charge in [-0.1, -0.05) is 33.1 Å². The van der Waals surface area contributed by atoms with Crippen molar-refractivity contribution in [2.75, 3.05) is 52.5 Å². The lowest BCUT2D eigenvalue weighted by molar-refractivity contribution is -0.000850. The lowest BCUT2D eigenvalue weighted by Gasteiger charge is -2.34. The fourth-order valence-electron chi connectivity index (χ4n) is 4.32. The van der Waals surface area contributed by atoms with E-state index in [9.17, 15) is 9.90 Å². The molecule has 2 aliphatic rings. The quantitative estimate of drug-likeness (QED) is 0.549. The van der Waals surface area contributed by atoms with E-state index < -0.39 is 6.10 Å². The van der Waals surface area contributed by atoms with Crippen molar-refractivity contribution in [3.05, 3.63) is 17.8 Å². The van der Waals surface area contributed by atoms with Crippen LogP contribution in [0.1, 0.15) is 62.3 Å². The summed E-state index contributed by atoms with van der Waals surface area (Å²) in [5.74, 6) is 1.52. The molecule has 1 amide bonds. The van der Waals surface area contributed by atoms with Crippen LogP contribution in [0.3, 0.4) is 0 Å². The summed E-state index contributed by atoms with van der Waals surface area (Å²) in [6.07, 6.45) is 7.29. The molecular weight excluding hydrogens is 396 g/mol. The highest BCUT2D eigenvalue weighted by Crippen LogP contribution is 2.22. The van der Waals surface area contributed by atoms with Crippen LogP contribution in [0.4, 0.5) is 0 Å². The molecule has 0 radical (unpaired) electrons. The highest BCUT2D eigenvalue weighted by molar-refractivity contribution is 5.91. The van der Waals surface area contributed by atoms with E-state index in [4.69, 9.17) is 9.15 Å². The van der Waals surface area contributed by atoms with Crippen LogP contribution >= 0.6 is 0 Å². The Bertz CT molecular complexity index is 652. The summed E-state index contributed by atoms with van der Waals surface area (Å²) in [7, 11) is 0. The average molecular weight is 437 g/mol. The van der Waals surface area contributed by atoms with Gasteiger partial charge in [-0.05, 0) is 24.7 Å². The van der Waals surface area contributed by atoms with E-state index in [1.165, 1.54) is 38.4 Å². The first-order chi connectivity index (χ1) is 15.0. The Morgan fingerprint density at radius 3 is 2.61 bits per heavy atom.